The lowest BCUT2D eigenvalue weighted by molar-refractivity contribution is 0.0698. The van der Waals surface area contributed by atoms with Crippen LogP contribution in [0, 0.1) is 0 Å². The zero-order valence-electron chi connectivity index (χ0n) is 14.2. The number of benzene rings is 3. The highest BCUT2D eigenvalue weighted by Crippen LogP contribution is 2.24. The molecule has 1 amide bonds. The van der Waals surface area contributed by atoms with E-state index in [-0.39, 0.29) is 17.2 Å². The second kappa shape index (κ2) is 8.75. The SMILES string of the molecule is O=C(Nc1ccccc1C(=O)O)c1ccc(CSc2ccc(Cl)cc2)cc1. The number of carboxylic acid groups (broad SMARTS) is 1. The van der Waals surface area contributed by atoms with Crippen molar-refractivity contribution in [3.63, 3.8) is 0 Å². The maximum Gasteiger partial charge on any atom is 0.337 e. The largest absolute Gasteiger partial charge is 0.478 e. The molecule has 0 bridgehead atoms. The van der Waals surface area contributed by atoms with Crippen LogP contribution in [0.15, 0.2) is 77.7 Å². The second-order valence-electron chi connectivity index (χ2n) is 5.74. The van der Waals surface area contributed by atoms with Gasteiger partial charge >= 0.3 is 5.97 Å². The standard InChI is InChI=1S/C21H16ClNO3S/c22-16-9-11-17(12-10-16)27-13-14-5-7-15(8-6-14)20(24)23-19-4-2-1-3-18(19)21(25)26/h1-12H,13H2,(H,23,24)(H,25,26). The van der Waals surface area contributed by atoms with Crippen molar-refractivity contribution < 1.29 is 14.7 Å². The van der Waals surface area contributed by atoms with E-state index in [4.69, 9.17) is 11.6 Å². The smallest absolute Gasteiger partial charge is 0.337 e. The summed E-state index contributed by atoms with van der Waals surface area (Å²) >= 11 is 7.56. The first-order valence-corrected chi connectivity index (χ1v) is 9.50. The summed E-state index contributed by atoms with van der Waals surface area (Å²) in [5.41, 5.74) is 1.88. The summed E-state index contributed by atoms with van der Waals surface area (Å²) in [4.78, 5) is 24.7. The molecule has 0 saturated heterocycles. The van der Waals surface area contributed by atoms with Crippen molar-refractivity contribution in [3.8, 4) is 0 Å². The molecule has 0 fully saturated rings. The van der Waals surface area contributed by atoms with E-state index in [9.17, 15) is 14.7 Å². The molecule has 0 unspecified atom stereocenters. The van der Waals surface area contributed by atoms with E-state index in [1.165, 1.54) is 6.07 Å². The highest BCUT2D eigenvalue weighted by Gasteiger charge is 2.13. The van der Waals surface area contributed by atoms with Gasteiger partial charge in [0.2, 0.25) is 0 Å². The van der Waals surface area contributed by atoms with Crippen LogP contribution in [0.25, 0.3) is 0 Å². The molecule has 0 atom stereocenters. The Hall–Kier alpha value is -2.76. The van der Waals surface area contributed by atoms with Crippen LogP contribution in [0.4, 0.5) is 5.69 Å². The van der Waals surface area contributed by atoms with E-state index in [0.717, 1.165) is 16.2 Å². The van der Waals surface area contributed by atoms with Gasteiger partial charge in [-0.2, -0.15) is 0 Å². The monoisotopic (exact) mass is 397 g/mol. The number of amides is 1. The van der Waals surface area contributed by atoms with Crippen molar-refractivity contribution in [3.05, 3.63) is 94.5 Å². The average molecular weight is 398 g/mol. The predicted molar refractivity (Wildman–Crippen MR) is 109 cm³/mol. The first-order valence-electron chi connectivity index (χ1n) is 8.14. The minimum Gasteiger partial charge on any atom is -0.478 e. The third kappa shape index (κ3) is 5.12. The normalized spacial score (nSPS) is 10.4. The summed E-state index contributed by atoms with van der Waals surface area (Å²) in [6.45, 7) is 0. The van der Waals surface area contributed by atoms with E-state index >= 15 is 0 Å². The van der Waals surface area contributed by atoms with E-state index in [2.05, 4.69) is 5.32 Å². The number of hydrogen-bond acceptors (Lipinski definition) is 3. The van der Waals surface area contributed by atoms with Crippen LogP contribution < -0.4 is 5.32 Å². The molecule has 0 spiro atoms. The molecule has 3 rings (SSSR count). The fraction of sp³-hybridized carbons (Fsp3) is 0.0476. The molecule has 0 aliphatic heterocycles. The first-order chi connectivity index (χ1) is 13.0. The first kappa shape index (κ1) is 19.0. The fourth-order valence-corrected chi connectivity index (χ4v) is 3.40. The van der Waals surface area contributed by atoms with Crippen molar-refractivity contribution in [2.24, 2.45) is 0 Å². The van der Waals surface area contributed by atoms with Gasteiger partial charge in [0.15, 0.2) is 0 Å². The van der Waals surface area contributed by atoms with Crippen molar-refractivity contribution in [1.29, 1.82) is 0 Å². The summed E-state index contributed by atoms with van der Waals surface area (Å²) in [6, 6.07) is 21.2. The Morgan fingerprint density at radius 1 is 0.926 bits per heavy atom. The minimum absolute atomic E-state index is 0.0573. The van der Waals surface area contributed by atoms with Gasteiger partial charge in [-0.1, -0.05) is 35.9 Å². The Balaban J connectivity index is 1.64. The number of carboxylic acids is 1. The number of aromatic carboxylic acids is 1. The van der Waals surface area contributed by atoms with Crippen LogP contribution in [0.1, 0.15) is 26.3 Å². The van der Waals surface area contributed by atoms with Crippen LogP contribution in [-0.4, -0.2) is 17.0 Å². The van der Waals surface area contributed by atoms with Gasteiger partial charge in [-0.15, -0.1) is 11.8 Å². The van der Waals surface area contributed by atoms with E-state index in [1.807, 2.05) is 36.4 Å². The lowest BCUT2D eigenvalue weighted by Crippen LogP contribution is -2.14. The Labute approximate surface area is 166 Å². The Morgan fingerprint density at radius 2 is 1.59 bits per heavy atom. The highest BCUT2D eigenvalue weighted by atomic mass is 35.5. The number of para-hydroxylation sites is 1. The average Bonchev–Trinajstić information content (AvgIpc) is 2.68. The number of nitrogens with one attached hydrogen (secondary N) is 1. The molecule has 3 aromatic carbocycles. The van der Waals surface area contributed by atoms with Crippen LogP contribution in [0.5, 0.6) is 0 Å². The summed E-state index contributed by atoms with van der Waals surface area (Å²) in [6.07, 6.45) is 0. The van der Waals surface area contributed by atoms with Gasteiger partial charge < -0.3 is 10.4 Å². The molecule has 0 aromatic heterocycles. The van der Waals surface area contributed by atoms with Gasteiger partial charge in [-0.25, -0.2) is 4.79 Å². The van der Waals surface area contributed by atoms with Gasteiger partial charge in [-0.3, -0.25) is 4.79 Å². The van der Waals surface area contributed by atoms with Crippen LogP contribution in [0.2, 0.25) is 5.02 Å². The number of hydrogen-bond donors (Lipinski definition) is 2. The van der Waals surface area contributed by atoms with E-state index < -0.39 is 5.97 Å². The van der Waals surface area contributed by atoms with E-state index in [1.54, 1.807) is 42.1 Å². The van der Waals surface area contributed by atoms with Crippen LogP contribution >= 0.6 is 23.4 Å². The van der Waals surface area contributed by atoms with Crippen molar-refractivity contribution in [2.45, 2.75) is 10.6 Å². The third-order valence-corrected chi connectivity index (χ3v) is 5.18. The number of anilines is 1. The van der Waals surface area contributed by atoms with Crippen molar-refractivity contribution in [1.82, 2.24) is 0 Å². The molecular formula is C21H16ClNO3S. The Morgan fingerprint density at radius 3 is 2.26 bits per heavy atom. The Kier molecular flexibility index (Phi) is 6.16. The van der Waals surface area contributed by atoms with Gasteiger partial charge in [0, 0.05) is 21.2 Å². The minimum atomic E-state index is -1.08. The molecule has 0 heterocycles. The fourth-order valence-electron chi connectivity index (χ4n) is 2.42. The number of halogens is 1. The zero-order chi connectivity index (χ0) is 19.2. The van der Waals surface area contributed by atoms with Crippen molar-refractivity contribution in [2.75, 3.05) is 5.32 Å². The lowest BCUT2D eigenvalue weighted by atomic mass is 10.1. The molecule has 4 nitrogen and oxygen atoms in total. The zero-order valence-corrected chi connectivity index (χ0v) is 15.8. The molecule has 0 radical (unpaired) electrons. The molecular weight excluding hydrogens is 382 g/mol. The Bertz CT molecular complexity index is 956. The highest BCUT2D eigenvalue weighted by molar-refractivity contribution is 7.98. The van der Waals surface area contributed by atoms with Crippen molar-refractivity contribution >= 4 is 40.9 Å². The van der Waals surface area contributed by atoms with Gasteiger partial charge in [0.25, 0.3) is 5.91 Å². The van der Waals surface area contributed by atoms with E-state index in [0.29, 0.717) is 10.6 Å². The quantitative estimate of drug-likeness (QED) is 0.532. The number of rotatable bonds is 6. The molecule has 6 heteroatoms. The summed E-state index contributed by atoms with van der Waals surface area (Å²) < 4.78 is 0. The van der Waals surface area contributed by atoms with Crippen LogP contribution in [0.3, 0.4) is 0 Å². The molecule has 3 aromatic rings. The predicted octanol–water partition coefficient (Wildman–Crippen LogP) is 5.58. The molecule has 27 heavy (non-hydrogen) atoms. The molecule has 0 aliphatic carbocycles. The summed E-state index contributed by atoms with van der Waals surface area (Å²) in [5, 5.41) is 12.6. The van der Waals surface area contributed by atoms with Gasteiger partial charge in [0.1, 0.15) is 0 Å². The third-order valence-electron chi connectivity index (χ3n) is 3.84. The molecule has 2 N–H and O–H groups in total. The number of carbonyl (C=O) groups is 2. The van der Waals surface area contributed by atoms with Gasteiger partial charge in [0.05, 0.1) is 11.3 Å². The van der Waals surface area contributed by atoms with Crippen LogP contribution in [-0.2, 0) is 5.75 Å². The van der Waals surface area contributed by atoms with Gasteiger partial charge in [-0.05, 0) is 54.1 Å². The maximum atomic E-state index is 12.4. The number of thioether (sulfide) groups is 1. The second-order valence-corrected chi connectivity index (χ2v) is 7.23. The topological polar surface area (TPSA) is 66.4 Å². The molecule has 0 saturated carbocycles. The lowest BCUT2D eigenvalue weighted by Gasteiger charge is -2.09. The number of carbonyl (C=O) groups excluding carboxylic acids is 1. The molecule has 136 valence electrons. The summed E-state index contributed by atoms with van der Waals surface area (Å²) in [5.74, 6) is -0.660. The summed E-state index contributed by atoms with van der Waals surface area (Å²) in [7, 11) is 0. The molecule has 0 aliphatic rings. The maximum absolute atomic E-state index is 12.4.